The first-order valence-corrected chi connectivity index (χ1v) is 8.92. The fourth-order valence-corrected chi connectivity index (χ4v) is 3.19. The molecular formula is C21H25NO4. The fourth-order valence-electron chi connectivity index (χ4n) is 3.19. The van der Waals surface area contributed by atoms with Crippen LogP contribution in [-0.4, -0.2) is 26.2 Å². The van der Waals surface area contributed by atoms with E-state index in [0.29, 0.717) is 17.2 Å². The van der Waals surface area contributed by atoms with Gasteiger partial charge in [0.25, 0.3) is 5.91 Å². The molecule has 0 saturated carbocycles. The minimum atomic E-state index is -0.632. The highest BCUT2D eigenvalue weighted by molar-refractivity contribution is 5.95. The number of fused-ring (bicyclic) bond motifs is 1. The fraction of sp³-hybridized carbons (Fsp3) is 0.381. The third-order valence-electron chi connectivity index (χ3n) is 4.67. The van der Waals surface area contributed by atoms with Gasteiger partial charge in [-0.1, -0.05) is 6.07 Å². The average Bonchev–Trinajstić information content (AvgIpc) is 2.67. The number of amides is 1. The highest BCUT2D eigenvalue weighted by Crippen LogP contribution is 2.29. The number of carbonyl (C=O) groups excluding carboxylic acids is 1. The number of methoxy groups -OCH3 is 2. The third kappa shape index (κ3) is 4.10. The minimum Gasteiger partial charge on any atom is -0.497 e. The Morgan fingerprint density at radius 2 is 1.69 bits per heavy atom. The smallest absolute Gasteiger partial charge is 0.265 e. The molecule has 2 aromatic rings. The summed E-state index contributed by atoms with van der Waals surface area (Å²) in [7, 11) is 3.14. The van der Waals surface area contributed by atoms with E-state index in [0.717, 1.165) is 18.6 Å². The van der Waals surface area contributed by atoms with Crippen molar-refractivity contribution in [3.63, 3.8) is 0 Å². The first-order valence-electron chi connectivity index (χ1n) is 8.92. The maximum absolute atomic E-state index is 12.5. The Hall–Kier alpha value is -2.69. The highest BCUT2D eigenvalue weighted by atomic mass is 16.5. The molecule has 5 heteroatoms. The van der Waals surface area contributed by atoms with Gasteiger partial charge in [0, 0.05) is 6.07 Å². The lowest BCUT2D eigenvalue weighted by molar-refractivity contribution is -0.122. The predicted octanol–water partition coefficient (Wildman–Crippen LogP) is 3.99. The lowest BCUT2D eigenvalue weighted by atomic mass is 9.92. The van der Waals surface area contributed by atoms with Crippen LogP contribution in [-0.2, 0) is 17.6 Å². The summed E-state index contributed by atoms with van der Waals surface area (Å²) in [6.07, 6.45) is 4.03. The number of aryl methyl sites for hydroxylation is 2. The molecule has 0 heterocycles. The molecule has 2 aromatic carbocycles. The summed E-state index contributed by atoms with van der Waals surface area (Å²) >= 11 is 0. The van der Waals surface area contributed by atoms with Crippen molar-refractivity contribution in [2.75, 3.05) is 19.5 Å². The number of benzene rings is 2. The van der Waals surface area contributed by atoms with Crippen LogP contribution in [0.3, 0.4) is 0 Å². The van der Waals surface area contributed by atoms with Crippen LogP contribution in [0.25, 0.3) is 0 Å². The van der Waals surface area contributed by atoms with Crippen molar-refractivity contribution in [2.24, 2.45) is 0 Å². The normalized spacial score (nSPS) is 14.1. The number of anilines is 1. The Morgan fingerprint density at radius 3 is 2.42 bits per heavy atom. The van der Waals surface area contributed by atoms with Gasteiger partial charge in [0.15, 0.2) is 6.10 Å². The monoisotopic (exact) mass is 355 g/mol. The van der Waals surface area contributed by atoms with Gasteiger partial charge in [-0.3, -0.25) is 4.79 Å². The van der Waals surface area contributed by atoms with E-state index in [4.69, 9.17) is 14.2 Å². The van der Waals surface area contributed by atoms with Gasteiger partial charge in [-0.05, 0) is 68.0 Å². The molecule has 1 aliphatic carbocycles. The SMILES string of the molecule is COc1ccc(OC)c(NC(=O)C(C)Oc2ccc3c(c2)CCCC3)c1. The van der Waals surface area contributed by atoms with Crippen molar-refractivity contribution < 1.29 is 19.0 Å². The van der Waals surface area contributed by atoms with E-state index >= 15 is 0 Å². The summed E-state index contributed by atoms with van der Waals surface area (Å²) in [5.41, 5.74) is 3.27. The molecule has 0 aliphatic heterocycles. The first-order chi connectivity index (χ1) is 12.6. The number of rotatable bonds is 6. The van der Waals surface area contributed by atoms with Crippen molar-refractivity contribution in [3.8, 4) is 17.2 Å². The number of carbonyl (C=O) groups is 1. The summed E-state index contributed by atoms with van der Waals surface area (Å²) in [5, 5.41) is 2.85. The van der Waals surface area contributed by atoms with E-state index in [-0.39, 0.29) is 5.91 Å². The van der Waals surface area contributed by atoms with E-state index in [2.05, 4.69) is 17.4 Å². The Balaban J connectivity index is 1.68. The van der Waals surface area contributed by atoms with Gasteiger partial charge >= 0.3 is 0 Å². The molecule has 5 nitrogen and oxygen atoms in total. The average molecular weight is 355 g/mol. The van der Waals surface area contributed by atoms with Crippen LogP contribution in [0.4, 0.5) is 5.69 Å². The lowest BCUT2D eigenvalue weighted by Gasteiger charge is -2.19. The molecule has 1 N–H and O–H groups in total. The molecule has 26 heavy (non-hydrogen) atoms. The summed E-state index contributed by atoms with van der Waals surface area (Å²) in [6, 6.07) is 11.4. The second-order valence-corrected chi connectivity index (χ2v) is 6.45. The minimum absolute atomic E-state index is 0.241. The number of hydrogen-bond acceptors (Lipinski definition) is 4. The molecule has 0 bridgehead atoms. The Kier molecular flexibility index (Phi) is 5.66. The van der Waals surface area contributed by atoms with Crippen LogP contribution in [0.15, 0.2) is 36.4 Å². The summed E-state index contributed by atoms with van der Waals surface area (Å²) in [4.78, 5) is 12.5. The van der Waals surface area contributed by atoms with Gasteiger partial charge in [0.05, 0.1) is 19.9 Å². The molecule has 0 spiro atoms. The summed E-state index contributed by atoms with van der Waals surface area (Å²) in [6.45, 7) is 1.74. The van der Waals surface area contributed by atoms with Gasteiger partial charge in [-0.15, -0.1) is 0 Å². The van der Waals surface area contributed by atoms with E-state index in [1.54, 1.807) is 39.3 Å². The van der Waals surface area contributed by atoms with Crippen LogP contribution < -0.4 is 19.5 Å². The largest absolute Gasteiger partial charge is 0.497 e. The second kappa shape index (κ2) is 8.13. The Morgan fingerprint density at radius 1 is 0.962 bits per heavy atom. The van der Waals surface area contributed by atoms with E-state index < -0.39 is 6.10 Å². The van der Waals surface area contributed by atoms with Crippen LogP contribution in [0, 0.1) is 0 Å². The number of hydrogen-bond donors (Lipinski definition) is 1. The lowest BCUT2D eigenvalue weighted by Crippen LogP contribution is -2.30. The van der Waals surface area contributed by atoms with Crippen molar-refractivity contribution in [2.45, 2.75) is 38.7 Å². The van der Waals surface area contributed by atoms with Crippen LogP contribution in [0.2, 0.25) is 0 Å². The van der Waals surface area contributed by atoms with Gasteiger partial charge < -0.3 is 19.5 Å². The molecule has 0 radical (unpaired) electrons. The summed E-state index contributed by atoms with van der Waals surface area (Å²) < 4.78 is 16.4. The van der Waals surface area contributed by atoms with Gasteiger partial charge in [-0.2, -0.15) is 0 Å². The summed E-state index contributed by atoms with van der Waals surface area (Å²) in [5.74, 6) is 1.70. The van der Waals surface area contributed by atoms with Crippen LogP contribution in [0.1, 0.15) is 30.9 Å². The van der Waals surface area contributed by atoms with E-state index in [9.17, 15) is 4.79 Å². The van der Waals surface area contributed by atoms with Crippen molar-refractivity contribution >= 4 is 11.6 Å². The Bertz CT molecular complexity index is 788. The van der Waals surface area contributed by atoms with E-state index in [1.807, 2.05) is 6.07 Å². The highest BCUT2D eigenvalue weighted by Gasteiger charge is 2.18. The van der Waals surface area contributed by atoms with E-state index in [1.165, 1.54) is 24.0 Å². The van der Waals surface area contributed by atoms with Crippen LogP contribution >= 0.6 is 0 Å². The molecule has 138 valence electrons. The molecule has 1 unspecified atom stereocenters. The van der Waals surface area contributed by atoms with Gasteiger partial charge in [0.1, 0.15) is 17.2 Å². The maximum atomic E-state index is 12.5. The molecule has 3 rings (SSSR count). The molecule has 0 aromatic heterocycles. The zero-order valence-corrected chi connectivity index (χ0v) is 15.5. The van der Waals surface area contributed by atoms with Crippen molar-refractivity contribution in [3.05, 3.63) is 47.5 Å². The quantitative estimate of drug-likeness (QED) is 0.851. The molecule has 0 fully saturated rings. The zero-order valence-electron chi connectivity index (χ0n) is 15.5. The second-order valence-electron chi connectivity index (χ2n) is 6.45. The van der Waals surface area contributed by atoms with Crippen LogP contribution in [0.5, 0.6) is 17.2 Å². The van der Waals surface area contributed by atoms with Crippen molar-refractivity contribution in [1.82, 2.24) is 0 Å². The van der Waals surface area contributed by atoms with Gasteiger partial charge in [-0.25, -0.2) is 0 Å². The Labute approximate surface area is 154 Å². The predicted molar refractivity (Wildman–Crippen MR) is 101 cm³/mol. The molecule has 1 amide bonds. The maximum Gasteiger partial charge on any atom is 0.265 e. The first kappa shape index (κ1) is 18.1. The number of ether oxygens (including phenoxy) is 3. The molecule has 1 atom stereocenters. The standard InChI is InChI=1S/C21H25NO4/c1-14(26-18-9-8-15-6-4-5-7-16(15)12-18)21(23)22-19-13-17(24-2)10-11-20(19)25-3/h8-14H,4-7H2,1-3H3,(H,22,23). The molecule has 1 aliphatic rings. The molecular weight excluding hydrogens is 330 g/mol. The van der Waals surface area contributed by atoms with Gasteiger partial charge in [0.2, 0.25) is 0 Å². The zero-order chi connectivity index (χ0) is 18.5. The number of nitrogens with one attached hydrogen (secondary N) is 1. The third-order valence-corrected chi connectivity index (χ3v) is 4.67. The molecule has 0 saturated heterocycles. The topological polar surface area (TPSA) is 56.8 Å². The van der Waals surface area contributed by atoms with Crippen molar-refractivity contribution in [1.29, 1.82) is 0 Å².